The largest absolute Gasteiger partial charge is 0.378 e. The first kappa shape index (κ1) is 56.8. The lowest BCUT2D eigenvalue weighted by atomic mass is 9.73. The number of hydrogen-bond donors (Lipinski definition) is 0. The molecule has 9 nitrogen and oxygen atoms in total. The molecule has 0 amide bonds. The van der Waals surface area contributed by atoms with Crippen molar-refractivity contribution in [2.45, 2.75) is 200 Å². The van der Waals surface area contributed by atoms with Crippen LogP contribution in [-0.4, -0.2) is 116 Å². The van der Waals surface area contributed by atoms with Gasteiger partial charge in [0, 0.05) is 26.4 Å². The average molecular weight is 871 g/mol. The number of fused-ring (bicyclic) bond motifs is 10. The van der Waals surface area contributed by atoms with Gasteiger partial charge in [-0.3, -0.25) is 0 Å². The summed E-state index contributed by atoms with van der Waals surface area (Å²) < 4.78 is 58.7. The van der Waals surface area contributed by atoms with Gasteiger partial charge in [0.1, 0.15) is 0 Å². The van der Waals surface area contributed by atoms with Crippen molar-refractivity contribution in [1.29, 1.82) is 0 Å². The summed E-state index contributed by atoms with van der Waals surface area (Å²) in [5, 5.41) is 0. The third-order valence-electron chi connectivity index (χ3n) is 12.6. The zero-order valence-corrected chi connectivity index (χ0v) is 43.3. The quantitative estimate of drug-likeness (QED) is 0.252. The fraction of sp³-hybridized carbons (Fsp3) is 1.00. The molecule has 12 atom stereocenters. The van der Waals surface area contributed by atoms with E-state index in [0.717, 1.165) is 38.5 Å². The minimum absolute atomic E-state index is 0.0209. The molecule has 2 rings (SSSR count). The van der Waals surface area contributed by atoms with E-state index in [1.165, 1.54) is 0 Å². The Bertz CT molecular complexity index is 1120. The summed E-state index contributed by atoms with van der Waals surface area (Å²) in [4.78, 5) is 0. The average Bonchev–Trinajstić information content (AvgIpc) is 3.11. The Hall–Kier alpha value is -0.360. The molecule has 2 fully saturated rings. The minimum atomic E-state index is -0.0447. The van der Waals surface area contributed by atoms with E-state index >= 15 is 0 Å². The molecule has 12 unspecified atom stereocenters. The van der Waals surface area contributed by atoms with Gasteiger partial charge < -0.3 is 42.6 Å². The van der Waals surface area contributed by atoms with Crippen LogP contribution in [-0.2, 0) is 42.6 Å². The molecule has 0 N–H and O–H groups in total. The predicted octanol–water partition coefficient (Wildman–Crippen LogP) is 11.7. The molecule has 0 spiro atoms. The zero-order chi connectivity index (χ0) is 46.0. The zero-order valence-electron chi connectivity index (χ0n) is 43.3. The van der Waals surface area contributed by atoms with Crippen LogP contribution in [0.15, 0.2) is 0 Å². The van der Waals surface area contributed by atoms with Gasteiger partial charge in [0.25, 0.3) is 0 Å². The van der Waals surface area contributed by atoms with E-state index in [1.54, 1.807) is 0 Å². The van der Waals surface area contributed by atoms with Crippen LogP contribution >= 0.6 is 0 Å². The van der Waals surface area contributed by atoms with E-state index in [-0.39, 0.29) is 58.3 Å². The molecule has 2 bridgehead atoms. The lowest BCUT2D eigenvalue weighted by Gasteiger charge is -2.37. The Morgan fingerprint density at radius 1 is 0.311 bits per heavy atom. The van der Waals surface area contributed by atoms with Crippen LogP contribution in [0.5, 0.6) is 0 Å². The van der Waals surface area contributed by atoms with Gasteiger partial charge in [-0.1, -0.05) is 83.1 Å². The first-order valence-corrected chi connectivity index (χ1v) is 24.6. The molecular weight excluding hydrogens is 769 g/mol. The van der Waals surface area contributed by atoms with Gasteiger partial charge in [-0.05, 0) is 137 Å². The Kier molecular flexibility index (Phi) is 25.4. The fourth-order valence-corrected chi connectivity index (χ4v) is 8.95. The summed E-state index contributed by atoms with van der Waals surface area (Å²) in [6.45, 7) is 48.2. The van der Waals surface area contributed by atoms with Crippen LogP contribution in [0.3, 0.4) is 0 Å². The lowest BCUT2D eigenvalue weighted by molar-refractivity contribution is -0.0904. The predicted molar refractivity (Wildman–Crippen MR) is 251 cm³/mol. The van der Waals surface area contributed by atoms with E-state index < -0.39 is 0 Å². The molecule has 61 heavy (non-hydrogen) atoms. The van der Waals surface area contributed by atoms with Crippen LogP contribution in [0.25, 0.3) is 0 Å². The van der Waals surface area contributed by atoms with Crippen LogP contribution in [0.4, 0.5) is 0 Å². The van der Waals surface area contributed by atoms with Crippen molar-refractivity contribution in [2.75, 3.05) is 79.3 Å². The molecule has 0 saturated carbocycles. The monoisotopic (exact) mass is 871 g/mol. The molecule has 0 radical (unpaired) electrons. The second-order valence-corrected chi connectivity index (χ2v) is 24.5. The minimum Gasteiger partial charge on any atom is -0.378 e. The van der Waals surface area contributed by atoms with Crippen molar-refractivity contribution in [3.8, 4) is 0 Å². The van der Waals surface area contributed by atoms with Crippen molar-refractivity contribution < 1.29 is 42.6 Å². The summed E-state index contributed by atoms with van der Waals surface area (Å²) in [7, 11) is 0. The van der Waals surface area contributed by atoms with Crippen molar-refractivity contribution in [3.05, 3.63) is 0 Å². The first-order chi connectivity index (χ1) is 28.2. The maximum Gasteiger partial charge on any atom is 0.0781 e. The molecule has 2 saturated heterocycles. The summed E-state index contributed by atoms with van der Waals surface area (Å²) in [6.07, 6.45) is 6.00. The van der Waals surface area contributed by atoms with Gasteiger partial charge in [-0.2, -0.15) is 0 Å². The molecule has 0 aromatic heterocycles. The summed E-state index contributed by atoms with van der Waals surface area (Å²) in [6, 6.07) is 0. The van der Waals surface area contributed by atoms with Gasteiger partial charge in [-0.15, -0.1) is 0 Å². The van der Waals surface area contributed by atoms with Crippen molar-refractivity contribution in [1.82, 2.24) is 0 Å². The Balaban J connectivity index is 2.56. The second kappa shape index (κ2) is 27.3. The standard InChI is InChI=1S/C52H102O9/c1-37-25-53-31-43-19-45(23-49(7,8)9)32-54-26-38(2)57-29-41(5)60-34-46(24-50(10,11)12)20-44(33-59-40(4)28-56-37)22-48(52(16,17)18)36-61-42(6)30-58-39(3)27-55-35-47(21-43)51(13,14)15/h37-48H,19-36H2,1-18H3. The smallest absolute Gasteiger partial charge is 0.0781 e. The molecule has 0 aliphatic carbocycles. The van der Waals surface area contributed by atoms with Crippen LogP contribution in [0.2, 0.25) is 0 Å². The van der Waals surface area contributed by atoms with Crippen LogP contribution in [0, 0.1) is 57.2 Å². The van der Waals surface area contributed by atoms with Crippen molar-refractivity contribution >= 4 is 0 Å². The molecule has 2 aliphatic rings. The van der Waals surface area contributed by atoms with Gasteiger partial charge in [-0.25, -0.2) is 0 Å². The van der Waals surface area contributed by atoms with Gasteiger partial charge in [0.05, 0.1) is 89.5 Å². The highest BCUT2D eigenvalue weighted by atomic mass is 16.6. The Morgan fingerprint density at radius 2 is 0.623 bits per heavy atom. The summed E-state index contributed by atoms with van der Waals surface area (Å²) in [5.41, 5.74) is 0.437. The topological polar surface area (TPSA) is 83.1 Å². The second-order valence-electron chi connectivity index (χ2n) is 24.5. The molecule has 364 valence electrons. The van der Waals surface area contributed by atoms with Crippen molar-refractivity contribution in [3.63, 3.8) is 0 Å². The van der Waals surface area contributed by atoms with Crippen molar-refractivity contribution in [2.24, 2.45) is 57.2 Å². The normalized spacial score (nSPS) is 35.5. The van der Waals surface area contributed by atoms with Gasteiger partial charge >= 0.3 is 0 Å². The van der Waals surface area contributed by atoms with E-state index in [9.17, 15) is 0 Å². The molecule has 0 aromatic rings. The van der Waals surface area contributed by atoms with Gasteiger partial charge in [0.15, 0.2) is 0 Å². The Labute approximate surface area is 377 Å². The molecule has 9 heteroatoms. The van der Waals surface area contributed by atoms with Crippen LogP contribution < -0.4 is 0 Å². The first-order valence-electron chi connectivity index (χ1n) is 24.6. The maximum absolute atomic E-state index is 6.71. The third-order valence-corrected chi connectivity index (χ3v) is 12.6. The highest BCUT2D eigenvalue weighted by Crippen LogP contribution is 2.38. The molecule has 2 heterocycles. The molecule has 0 aromatic carbocycles. The number of ether oxygens (including phenoxy) is 9. The lowest BCUT2D eigenvalue weighted by Crippen LogP contribution is -2.34. The van der Waals surface area contributed by atoms with E-state index in [1.807, 2.05) is 0 Å². The molecular formula is C52H102O9. The fourth-order valence-electron chi connectivity index (χ4n) is 8.95. The highest BCUT2D eigenvalue weighted by molar-refractivity contribution is 4.83. The summed E-state index contributed by atoms with van der Waals surface area (Å²) in [5.74, 6) is 2.09. The number of hydrogen-bond acceptors (Lipinski definition) is 9. The summed E-state index contributed by atoms with van der Waals surface area (Å²) >= 11 is 0. The van der Waals surface area contributed by atoms with E-state index in [2.05, 4.69) is 125 Å². The maximum atomic E-state index is 6.71. The molecule has 2 aliphatic heterocycles. The number of rotatable bonds is 2. The Morgan fingerprint density at radius 3 is 1.05 bits per heavy atom. The highest BCUT2D eigenvalue weighted by Gasteiger charge is 2.33. The van der Waals surface area contributed by atoms with Crippen LogP contribution in [0.1, 0.15) is 163 Å². The SMILES string of the molecule is CC1COCC2CC(CC(C)(C)C)COCC(C)OCC(C)OCC(CC(C)(C)C)CC(COC(C)CO1)CC(C(C)(C)C)COC(C)COC(C)COCC(C(C)(C)C)C2. The van der Waals surface area contributed by atoms with Gasteiger partial charge in [0.2, 0.25) is 0 Å². The van der Waals surface area contributed by atoms with E-state index in [0.29, 0.717) is 115 Å². The van der Waals surface area contributed by atoms with E-state index in [4.69, 9.17) is 42.6 Å². The third kappa shape index (κ3) is 27.0.